The van der Waals surface area contributed by atoms with E-state index in [2.05, 4.69) is 13.0 Å². The van der Waals surface area contributed by atoms with Gasteiger partial charge in [0.05, 0.1) is 5.92 Å². The third-order valence-electron chi connectivity index (χ3n) is 6.99. The Balaban J connectivity index is 1.62. The van der Waals surface area contributed by atoms with Crippen LogP contribution in [0.4, 0.5) is 18.0 Å². The van der Waals surface area contributed by atoms with Gasteiger partial charge in [-0.2, -0.15) is 13.2 Å². The fraction of sp³-hybridized carbons (Fsp3) is 0.696. The van der Waals surface area contributed by atoms with Crippen molar-refractivity contribution in [1.82, 2.24) is 10.2 Å². The van der Waals surface area contributed by atoms with Gasteiger partial charge in [-0.25, -0.2) is 14.5 Å². The predicted molar refractivity (Wildman–Crippen MR) is 112 cm³/mol. The molecule has 0 spiro atoms. The number of likely N-dealkylation sites (tertiary alicyclic amines) is 1. The molecule has 2 fully saturated rings. The molecule has 2 N–H and O–H groups in total. The number of nitrogens with one attached hydrogen (secondary N) is 1. The third-order valence-corrected chi connectivity index (χ3v) is 6.99. The predicted octanol–water partition coefficient (Wildman–Crippen LogP) is 4.81. The summed E-state index contributed by atoms with van der Waals surface area (Å²) < 4.78 is 40.8. The Morgan fingerprint density at radius 1 is 1.25 bits per heavy atom. The minimum absolute atomic E-state index is 0.276. The van der Waals surface area contributed by atoms with E-state index in [1.165, 1.54) is 5.57 Å². The molecule has 1 aliphatic heterocycles. The second-order valence-electron chi connectivity index (χ2n) is 9.16. The molecular formula is C23H31F3N2O4. The monoisotopic (exact) mass is 456 g/mol. The van der Waals surface area contributed by atoms with Crippen LogP contribution in [0.3, 0.4) is 0 Å². The summed E-state index contributed by atoms with van der Waals surface area (Å²) in [6.45, 7) is 2.10. The van der Waals surface area contributed by atoms with Crippen molar-refractivity contribution in [2.45, 2.75) is 83.0 Å². The first-order chi connectivity index (χ1) is 15.1. The lowest BCUT2D eigenvalue weighted by atomic mass is 9.81. The lowest BCUT2D eigenvalue weighted by molar-refractivity contribution is -0.173. The summed E-state index contributed by atoms with van der Waals surface area (Å²) >= 11 is 0. The third kappa shape index (κ3) is 5.35. The standard InChI is InChI=1S/C23H31F3N2O4/c1-14-8-5-6-9-15(14)12-7-13-17-18(21(30)31)28(20(17)29)22(32)27-19(23(24,25)26)16-10-3-2-4-11-16/h5-6,9,14,16-19H,2-4,7-8,10-13H2,1H3,(H,27,32)(H,30,31)/t14?,17-,18+,19+/m1/s1. The highest BCUT2D eigenvalue weighted by Crippen LogP contribution is 2.37. The van der Waals surface area contributed by atoms with Crippen molar-refractivity contribution in [2.75, 3.05) is 0 Å². The van der Waals surface area contributed by atoms with Crippen molar-refractivity contribution in [3.8, 4) is 0 Å². The molecule has 9 heteroatoms. The zero-order valence-corrected chi connectivity index (χ0v) is 18.2. The summed E-state index contributed by atoms with van der Waals surface area (Å²) in [5.41, 5.74) is 1.22. The maximum atomic E-state index is 13.6. The lowest BCUT2D eigenvalue weighted by Gasteiger charge is -2.44. The Labute approximate surface area is 185 Å². The van der Waals surface area contributed by atoms with Crippen LogP contribution < -0.4 is 5.32 Å². The summed E-state index contributed by atoms with van der Waals surface area (Å²) in [7, 11) is 0. The van der Waals surface area contributed by atoms with Crippen LogP contribution in [0.25, 0.3) is 0 Å². The van der Waals surface area contributed by atoms with E-state index in [1.807, 2.05) is 17.5 Å². The summed E-state index contributed by atoms with van der Waals surface area (Å²) in [5, 5.41) is 11.5. The summed E-state index contributed by atoms with van der Waals surface area (Å²) in [5.74, 6) is -3.37. The molecule has 0 aromatic heterocycles. The number of hydrogen-bond acceptors (Lipinski definition) is 3. The Morgan fingerprint density at radius 2 is 1.94 bits per heavy atom. The highest BCUT2D eigenvalue weighted by Gasteiger charge is 2.56. The first-order valence-electron chi connectivity index (χ1n) is 11.4. The molecule has 3 rings (SSSR count). The number of β-lactam (4-membered cyclic amide) rings is 1. The van der Waals surface area contributed by atoms with E-state index in [0.29, 0.717) is 49.3 Å². The molecule has 2 aliphatic carbocycles. The van der Waals surface area contributed by atoms with Gasteiger partial charge in [0.15, 0.2) is 6.04 Å². The molecule has 32 heavy (non-hydrogen) atoms. The number of carbonyl (C=O) groups excluding carboxylic acids is 2. The van der Waals surface area contributed by atoms with Crippen molar-refractivity contribution in [2.24, 2.45) is 17.8 Å². The molecule has 0 bridgehead atoms. The fourth-order valence-electron chi connectivity index (χ4n) is 5.12. The number of amides is 3. The Hall–Kier alpha value is -2.32. The molecule has 6 nitrogen and oxygen atoms in total. The minimum Gasteiger partial charge on any atom is -0.480 e. The number of carboxylic acid groups (broad SMARTS) is 1. The van der Waals surface area contributed by atoms with E-state index < -0.39 is 48.0 Å². The topological polar surface area (TPSA) is 86.7 Å². The van der Waals surface area contributed by atoms with Gasteiger partial charge in [0, 0.05) is 0 Å². The summed E-state index contributed by atoms with van der Waals surface area (Å²) in [4.78, 5) is 37.3. The number of carbonyl (C=O) groups is 3. The van der Waals surface area contributed by atoms with Crippen molar-refractivity contribution in [3.05, 3.63) is 23.8 Å². The largest absolute Gasteiger partial charge is 0.480 e. The average Bonchev–Trinajstić information content (AvgIpc) is 2.73. The Bertz CT molecular complexity index is 787. The smallest absolute Gasteiger partial charge is 0.408 e. The van der Waals surface area contributed by atoms with Crippen LogP contribution in [0.2, 0.25) is 0 Å². The van der Waals surface area contributed by atoms with E-state index in [-0.39, 0.29) is 6.42 Å². The first kappa shape index (κ1) is 24.3. The average molecular weight is 457 g/mol. The van der Waals surface area contributed by atoms with E-state index in [1.54, 1.807) is 0 Å². The van der Waals surface area contributed by atoms with Crippen molar-refractivity contribution in [3.63, 3.8) is 0 Å². The number of rotatable bonds is 7. The zero-order valence-electron chi connectivity index (χ0n) is 18.2. The van der Waals surface area contributed by atoms with Gasteiger partial charge in [-0.15, -0.1) is 0 Å². The van der Waals surface area contributed by atoms with Gasteiger partial charge in [0.25, 0.3) is 0 Å². The van der Waals surface area contributed by atoms with Crippen LogP contribution in [-0.4, -0.2) is 46.2 Å². The maximum Gasteiger partial charge on any atom is 0.408 e. The normalized spacial score (nSPS) is 27.5. The van der Waals surface area contributed by atoms with Gasteiger partial charge in [0.2, 0.25) is 5.91 Å². The lowest BCUT2D eigenvalue weighted by Crippen LogP contribution is -2.69. The number of halogens is 3. The Morgan fingerprint density at radius 3 is 2.53 bits per heavy atom. The highest BCUT2D eigenvalue weighted by molar-refractivity contribution is 6.07. The van der Waals surface area contributed by atoms with Gasteiger partial charge < -0.3 is 10.4 Å². The number of allylic oxidation sites excluding steroid dienone is 4. The number of hydrogen-bond donors (Lipinski definition) is 2. The van der Waals surface area contributed by atoms with Gasteiger partial charge in [-0.3, -0.25) is 4.79 Å². The minimum atomic E-state index is -4.66. The number of nitrogens with zero attached hydrogens (tertiary/aromatic N) is 1. The number of urea groups is 1. The summed E-state index contributed by atoms with van der Waals surface area (Å²) in [6, 6.07) is -4.77. The van der Waals surface area contributed by atoms with Crippen molar-refractivity contribution >= 4 is 17.9 Å². The van der Waals surface area contributed by atoms with Gasteiger partial charge in [0.1, 0.15) is 6.04 Å². The molecule has 0 radical (unpaired) electrons. The molecule has 0 aromatic carbocycles. The molecule has 1 unspecified atom stereocenters. The zero-order chi connectivity index (χ0) is 23.5. The number of carboxylic acids is 1. The molecular weight excluding hydrogens is 425 g/mol. The molecule has 3 aliphatic rings. The van der Waals surface area contributed by atoms with E-state index in [9.17, 15) is 32.7 Å². The van der Waals surface area contributed by atoms with Crippen LogP contribution in [0.15, 0.2) is 23.8 Å². The van der Waals surface area contributed by atoms with Gasteiger partial charge >= 0.3 is 18.2 Å². The molecule has 178 valence electrons. The van der Waals surface area contributed by atoms with Gasteiger partial charge in [-0.1, -0.05) is 50.0 Å². The molecule has 0 aromatic rings. The fourth-order valence-corrected chi connectivity index (χ4v) is 5.12. The van der Waals surface area contributed by atoms with Crippen LogP contribution >= 0.6 is 0 Å². The highest BCUT2D eigenvalue weighted by atomic mass is 19.4. The van der Waals surface area contributed by atoms with Crippen molar-refractivity contribution in [1.29, 1.82) is 0 Å². The quantitative estimate of drug-likeness (QED) is 0.538. The van der Waals surface area contributed by atoms with Crippen LogP contribution in [0, 0.1) is 17.8 Å². The second kappa shape index (κ2) is 10.1. The first-order valence-corrected chi connectivity index (χ1v) is 11.4. The van der Waals surface area contributed by atoms with Crippen LogP contribution in [0.5, 0.6) is 0 Å². The van der Waals surface area contributed by atoms with E-state index in [4.69, 9.17) is 0 Å². The SMILES string of the molecule is CC1CC=CC=C1CCC[C@H]1C(=O)N(C(=O)N[C@@H](C2CCCCC2)C(F)(F)F)[C@@H]1C(=O)O. The maximum absolute atomic E-state index is 13.6. The second-order valence-corrected chi connectivity index (χ2v) is 9.16. The Kier molecular flexibility index (Phi) is 7.67. The van der Waals surface area contributed by atoms with Gasteiger partial charge in [-0.05, 0) is 50.4 Å². The molecule has 1 heterocycles. The molecule has 4 atom stereocenters. The summed E-state index contributed by atoms with van der Waals surface area (Å²) in [6.07, 6.45) is 6.74. The number of alkyl halides is 3. The van der Waals surface area contributed by atoms with Crippen LogP contribution in [-0.2, 0) is 9.59 Å². The van der Waals surface area contributed by atoms with E-state index in [0.717, 1.165) is 12.8 Å². The molecule has 1 saturated carbocycles. The molecule has 1 saturated heterocycles. The molecule has 3 amide bonds. The number of aliphatic carboxylic acids is 1. The van der Waals surface area contributed by atoms with Crippen molar-refractivity contribution < 1.29 is 32.7 Å². The van der Waals surface area contributed by atoms with Crippen LogP contribution in [0.1, 0.15) is 64.7 Å². The van der Waals surface area contributed by atoms with E-state index >= 15 is 0 Å². The number of imide groups is 1.